The van der Waals surface area contributed by atoms with Gasteiger partial charge in [-0.05, 0) is 33.8 Å². The predicted octanol–water partition coefficient (Wildman–Crippen LogP) is 5.16. The number of halogens is 1. The molecule has 0 radical (unpaired) electrons. The largest absolute Gasteiger partial charge is 0.342 e. The van der Waals surface area contributed by atoms with E-state index in [9.17, 15) is 0 Å². The summed E-state index contributed by atoms with van der Waals surface area (Å²) in [4.78, 5) is 7.84. The van der Waals surface area contributed by atoms with Crippen molar-refractivity contribution in [2.75, 3.05) is 0 Å². The normalized spacial score (nSPS) is 10.9. The van der Waals surface area contributed by atoms with Crippen LogP contribution in [0.1, 0.15) is 26.1 Å². The molecule has 2 nitrogen and oxygen atoms in total. The molecule has 0 atom stereocenters. The van der Waals surface area contributed by atoms with Gasteiger partial charge in [0.1, 0.15) is 10.5 Å². The van der Waals surface area contributed by atoms with Crippen molar-refractivity contribution in [2.24, 2.45) is 5.92 Å². The Morgan fingerprint density at radius 3 is 2.58 bits per heavy atom. The van der Waals surface area contributed by atoms with Gasteiger partial charge in [-0.1, -0.05) is 56.4 Å². The molecule has 0 amide bonds. The minimum Gasteiger partial charge on any atom is -0.342 e. The van der Waals surface area contributed by atoms with Gasteiger partial charge < -0.3 is 4.98 Å². The van der Waals surface area contributed by atoms with Crippen LogP contribution in [0.5, 0.6) is 0 Å². The van der Waals surface area contributed by atoms with Gasteiger partial charge in [0.2, 0.25) is 0 Å². The molecule has 1 aromatic heterocycles. The zero-order chi connectivity index (χ0) is 13.8. The van der Waals surface area contributed by atoms with Crippen molar-refractivity contribution in [3.8, 4) is 11.3 Å². The molecule has 1 aromatic carbocycles. The van der Waals surface area contributed by atoms with Gasteiger partial charge in [-0.15, -0.1) is 0 Å². The Morgan fingerprint density at radius 2 is 1.95 bits per heavy atom. The van der Waals surface area contributed by atoms with E-state index in [4.69, 9.17) is 12.2 Å². The second-order valence-electron chi connectivity index (χ2n) is 4.98. The highest BCUT2D eigenvalue weighted by Gasteiger charge is 2.08. The van der Waals surface area contributed by atoms with Gasteiger partial charge in [-0.2, -0.15) is 0 Å². The molecule has 0 saturated carbocycles. The number of nitrogens with one attached hydrogen (secondary N) is 1. The van der Waals surface area contributed by atoms with E-state index in [1.165, 1.54) is 0 Å². The quantitative estimate of drug-likeness (QED) is 0.781. The Hall–Kier alpha value is -1.00. The SMILES string of the molecule is CC(C)CCc1nc(=S)c(Br)c(-c2ccccc2)[nH]1. The van der Waals surface area contributed by atoms with Crippen LogP contribution in [0.3, 0.4) is 0 Å². The Bertz CT molecular complexity index is 605. The summed E-state index contributed by atoms with van der Waals surface area (Å²) in [5, 5.41) is 0. The first-order valence-electron chi connectivity index (χ1n) is 6.42. The van der Waals surface area contributed by atoms with E-state index >= 15 is 0 Å². The maximum absolute atomic E-state index is 5.33. The van der Waals surface area contributed by atoms with Crippen molar-refractivity contribution >= 4 is 28.1 Å². The first-order valence-corrected chi connectivity index (χ1v) is 7.62. The number of hydrogen-bond acceptors (Lipinski definition) is 2. The number of aryl methyl sites for hydroxylation is 1. The standard InChI is InChI=1S/C15H17BrN2S/c1-10(2)8-9-12-17-14(13(16)15(19)18-12)11-6-4-3-5-7-11/h3-7,10H,8-9H2,1-2H3,(H,17,18,19). The predicted molar refractivity (Wildman–Crippen MR) is 85.7 cm³/mol. The molecular weight excluding hydrogens is 320 g/mol. The lowest BCUT2D eigenvalue weighted by molar-refractivity contribution is 0.574. The van der Waals surface area contributed by atoms with E-state index < -0.39 is 0 Å². The molecule has 0 fully saturated rings. The van der Waals surface area contributed by atoms with Crippen LogP contribution >= 0.6 is 28.1 Å². The van der Waals surface area contributed by atoms with Gasteiger partial charge in [-0.25, -0.2) is 4.98 Å². The maximum Gasteiger partial charge on any atom is 0.144 e. The van der Waals surface area contributed by atoms with Gasteiger partial charge in [-0.3, -0.25) is 0 Å². The molecule has 0 bridgehead atoms. The van der Waals surface area contributed by atoms with E-state index in [1.807, 2.05) is 18.2 Å². The average Bonchev–Trinajstić information content (AvgIpc) is 2.41. The van der Waals surface area contributed by atoms with Crippen molar-refractivity contribution in [1.82, 2.24) is 9.97 Å². The Balaban J connectivity index is 2.41. The summed E-state index contributed by atoms with van der Waals surface area (Å²) in [7, 11) is 0. The number of aromatic nitrogens is 2. The van der Waals surface area contributed by atoms with Crippen LogP contribution in [-0.4, -0.2) is 9.97 Å². The van der Waals surface area contributed by atoms with Crippen LogP contribution in [0.4, 0.5) is 0 Å². The third-order valence-electron chi connectivity index (χ3n) is 2.93. The monoisotopic (exact) mass is 336 g/mol. The van der Waals surface area contributed by atoms with Crippen molar-refractivity contribution in [3.63, 3.8) is 0 Å². The number of rotatable bonds is 4. The van der Waals surface area contributed by atoms with Crippen molar-refractivity contribution < 1.29 is 0 Å². The van der Waals surface area contributed by atoms with Crippen molar-refractivity contribution in [2.45, 2.75) is 26.7 Å². The third-order valence-corrected chi connectivity index (χ3v) is 4.26. The minimum atomic E-state index is 0.622. The molecule has 0 aliphatic carbocycles. The topological polar surface area (TPSA) is 28.7 Å². The highest BCUT2D eigenvalue weighted by Crippen LogP contribution is 2.26. The molecule has 0 aliphatic rings. The van der Waals surface area contributed by atoms with Gasteiger partial charge in [0.15, 0.2) is 0 Å². The number of aromatic amines is 1. The fraction of sp³-hybridized carbons (Fsp3) is 0.333. The van der Waals surface area contributed by atoms with E-state index in [0.29, 0.717) is 10.6 Å². The summed E-state index contributed by atoms with van der Waals surface area (Å²) in [5.74, 6) is 1.62. The van der Waals surface area contributed by atoms with E-state index in [2.05, 4.69) is 51.9 Å². The van der Waals surface area contributed by atoms with Crippen LogP contribution in [0, 0.1) is 10.6 Å². The molecule has 2 rings (SSSR count). The molecule has 19 heavy (non-hydrogen) atoms. The first kappa shape index (κ1) is 14.4. The number of hydrogen-bond donors (Lipinski definition) is 1. The molecule has 1 N–H and O–H groups in total. The lowest BCUT2D eigenvalue weighted by atomic mass is 10.1. The molecule has 0 aliphatic heterocycles. The van der Waals surface area contributed by atoms with Crippen LogP contribution in [-0.2, 0) is 6.42 Å². The van der Waals surface area contributed by atoms with Gasteiger partial charge in [0.05, 0.1) is 10.2 Å². The fourth-order valence-corrected chi connectivity index (χ4v) is 2.48. The molecule has 0 unspecified atom stereocenters. The Morgan fingerprint density at radius 1 is 1.26 bits per heavy atom. The number of H-pyrrole nitrogens is 1. The van der Waals surface area contributed by atoms with Crippen LogP contribution in [0.15, 0.2) is 34.8 Å². The Labute approximate surface area is 127 Å². The average molecular weight is 337 g/mol. The van der Waals surface area contributed by atoms with Crippen molar-refractivity contribution in [3.05, 3.63) is 45.3 Å². The van der Waals surface area contributed by atoms with Gasteiger partial charge in [0.25, 0.3) is 0 Å². The van der Waals surface area contributed by atoms with E-state index in [0.717, 1.165) is 34.4 Å². The molecule has 2 aromatic rings. The summed E-state index contributed by atoms with van der Waals surface area (Å²) in [5.41, 5.74) is 2.13. The molecular formula is C15H17BrN2S. The minimum absolute atomic E-state index is 0.622. The lowest BCUT2D eigenvalue weighted by Gasteiger charge is -2.09. The van der Waals surface area contributed by atoms with Crippen LogP contribution in [0.25, 0.3) is 11.3 Å². The summed E-state index contributed by atoms with van der Waals surface area (Å²) in [6, 6.07) is 10.2. The highest BCUT2D eigenvalue weighted by atomic mass is 79.9. The lowest BCUT2D eigenvalue weighted by Crippen LogP contribution is -2.01. The fourth-order valence-electron chi connectivity index (χ4n) is 1.85. The molecule has 4 heteroatoms. The Kier molecular flexibility index (Phi) is 4.88. The van der Waals surface area contributed by atoms with E-state index in [1.54, 1.807) is 0 Å². The number of nitrogens with zero attached hydrogens (tertiary/aromatic N) is 1. The summed E-state index contributed by atoms with van der Waals surface area (Å²) >= 11 is 8.86. The zero-order valence-electron chi connectivity index (χ0n) is 11.1. The van der Waals surface area contributed by atoms with Crippen LogP contribution < -0.4 is 0 Å². The second-order valence-corrected chi connectivity index (χ2v) is 6.16. The molecule has 1 heterocycles. The summed E-state index contributed by atoms with van der Waals surface area (Å²) < 4.78 is 1.48. The van der Waals surface area contributed by atoms with Crippen molar-refractivity contribution in [1.29, 1.82) is 0 Å². The summed E-state index contributed by atoms with van der Waals surface area (Å²) in [6.45, 7) is 4.43. The highest BCUT2D eigenvalue weighted by molar-refractivity contribution is 9.10. The second kappa shape index (κ2) is 6.44. The van der Waals surface area contributed by atoms with Gasteiger partial charge >= 0.3 is 0 Å². The number of benzene rings is 1. The first-order chi connectivity index (χ1) is 9.08. The molecule has 0 spiro atoms. The smallest absolute Gasteiger partial charge is 0.144 e. The third kappa shape index (κ3) is 3.74. The van der Waals surface area contributed by atoms with Gasteiger partial charge in [0, 0.05) is 6.42 Å². The maximum atomic E-state index is 5.33. The molecule has 0 saturated heterocycles. The summed E-state index contributed by atoms with van der Waals surface area (Å²) in [6.07, 6.45) is 2.03. The van der Waals surface area contributed by atoms with Crippen LogP contribution in [0.2, 0.25) is 0 Å². The zero-order valence-corrected chi connectivity index (χ0v) is 13.5. The molecule has 100 valence electrons. The van der Waals surface area contributed by atoms with E-state index in [-0.39, 0.29) is 0 Å².